The lowest BCUT2D eigenvalue weighted by Gasteiger charge is -2.23. The van der Waals surface area contributed by atoms with E-state index in [1.54, 1.807) is 36.4 Å². The number of carbonyl (C=O) groups excluding carboxylic acids is 1. The highest BCUT2D eigenvalue weighted by Crippen LogP contribution is 2.25. The molecule has 0 spiro atoms. The number of hydrogen-bond acceptors (Lipinski definition) is 3. The van der Waals surface area contributed by atoms with E-state index in [2.05, 4.69) is 21.2 Å². The molecular formula is C22H19BrClFN2O3S. The molecule has 0 saturated carbocycles. The van der Waals surface area contributed by atoms with Crippen LogP contribution in [0.4, 0.5) is 10.1 Å². The second-order valence-electron chi connectivity index (χ2n) is 6.84. The maximum absolute atomic E-state index is 14.4. The fraction of sp³-hybridized carbons (Fsp3) is 0.136. The zero-order valence-corrected chi connectivity index (χ0v) is 19.6. The maximum atomic E-state index is 14.4. The SMILES string of the molecule is Cc1ccc(S(=O)(=O)N(CC(=O)Nc2cccc(Br)c2)Cc2c(F)cccc2Cl)cc1. The monoisotopic (exact) mass is 524 g/mol. The Labute approximate surface area is 194 Å². The number of hydrogen-bond donors (Lipinski definition) is 1. The first-order valence-electron chi connectivity index (χ1n) is 9.22. The molecule has 0 radical (unpaired) electrons. The lowest BCUT2D eigenvalue weighted by Crippen LogP contribution is -2.37. The van der Waals surface area contributed by atoms with Gasteiger partial charge in [0, 0.05) is 27.3 Å². The number of rotatable bonds is 7. The van der Waals surface area contributed by atoms with E-state index >= 15 is 0 Å². The normalized spacial score (nSPS) is 11.5. The summed E-state index contributed by atoms with van der Waals surface area (Å²) < 4.78 is 42.6. The van der Waals surface area contributed by atoms with Crippen molar-refractivity contribution in [3.8, 4) is 0 Å². The van der Waals surface area contributed by atoms with E-state index < -0.39 is 34.8 Å². The number of amides is 1. The summed E-state index contributed by atoms with van der Waals surface area (Å²) in [6, 6.07) is 17.2. The molecule has 162 valence electrons. The Hall–Kier alpha value is -2.26. The van der Waals surface area contributed by atoms with Crippen LogP contribution in [-0.4, -0.2) is 25.2 Å². The average molecular weight is 526 g/mol. The van der Waals surface area contributed by atoms with E-state index in [0.717, 1.165) is 14.3 Å². The Morgan fingerprint density at radius 1 is 1.10 bits per heavy atom. The molecule has 9 heteroatoms. The third kappa shape index (κ3) is 5.92. The third-order valence-corrected chi connectivity index (χ3v) is 7.14. The molecule has 31 heavy (non-hydrogen) atoms. The third-order valence-electron chi connectivity index (χ3n) is 4.48. The molecule has 3 aromatic carbocycles. The van der Waals surface area contributed by atoms with E-state index in [-0.39, 0.29) is 15.5 Å². The van der Waals surface area contributed by atoms with E-state index in [0.29, 0.717) is 5.69 Å². The van der Waals surface area contributed by atoms with Gasteiger partial charge in [0.25, 0.3) is 0 Å². The van der Waals surface area contributed by atoms with Crippen LogP contribution in [0.2, 0.25) is 5.02 Å². The van der Waals surface area contributed by atoms with Gasteiger partial charge in [-0.3, -0.25) is 4.79 Å². The molecule has 0 heterocycles. The van der Waals surface area contributed by atoms with Gasteiger partial charge in [-0.15, -0.1) is 0 Å². The molecule has 0 aliphatic heterocycles. The van der Waals surface area contributed by atoms with E-state index in [1.165, 1.54) is 30.3 Å². The first-order chi connectivity index (χ1) is 14.7. The summed E-state index contributed by atoms with van der Waals surface area (Å²) in [5.74, 6) is -1.22. The average Bonchev–Trinajstić information content (AvgIpc) is 2.70. The minimum Gasteiger partial charge on any atom is -0.325 e. The van der Waals surface area contributed by atoms with Crippen LogP contribution in [0.5, 0.6) is 0 Å². The van der Waals surface area contributed by atoms with Gasteiger partial charge in [-0.25, -0.2) is 12.8 Å². The lowest BCUT2D eigenvalue weighted by molar-refractivity contribution is -0.116. The second kappa shape index (κ2) is 9.91. The zero-order chi connectivity index (χ0) is 22.6. The fourth-order valence-electron chi connectivity index (χ4n) is 2.87. The van der Waals surface area contributed by atoms with Crippen LogP contribution in [0, 0.1) is 12.7 Å². The van der Waals surface area contributed by atoms with Crippen LogP contribution in [0.3, 0.4) is 0 Å². The zero-order valence-electron chi connectivity index (χ0n) is 16.5. The van der Waals surface area contributed by atoms with Crippen LogP contribution in [-0.2, 0) is 21.4 Å². The van der Waals surface area contributed by atoms with Gasteiger partial charge in [0.1, 0.15) is 5.82 Å². The summed E-state index contributed by atoms with van der Waals surface area (Å²) in [5, 5.41) is 2.74. The van der Waals surface area contributed by atoms with Crippen molar-refractivity contribution in [2.24, 2.45) is 0 Å². The first kappa shape index (κ1) is 23.4. The van der Waals surface area contributed by atoms with E-state index in [1.807, 2.05) is 6.92 Å². The van der Waals surface area contributed by atoms with Gasteiger partial charge in [0.15, 0.2) is 0 Å². The molecule has 0 atom stereocenters. The van der Waals surface area contributed by atoms with Crippen molar-refractivity contribution in [1.29, 1.82) is 0 Å². The van der Waals surface area contributed by atoms with Crippen molar-refractivity contribution >= 4 is 49.1 Å². The van der Waals surface area contributed by atoms with Gasteiger partial charge in [0.2, 0.25) is 15.9 Å². The standard InChI is InChI=1S/C22H19BrClFN2O3S/c1-15-8-10-18(11-9-15)31(29,30)27(13-19-20(24)6-3-7-21(19)25)14-22(28)26-17-5-2-4-16(23)12-17/h2-12H,13-14H2,1H3,(H,26,28). The number of nitrogens with zero attached hydrogens (tertiary/aromatic N) is 1. The van der Waals surface area contributed by atoms with Gasteiger partial charge in [-0.05, 0) is 49.4 Å². The number of halogens is 3. The van der Waals surface area contributed by atoms with Crippen molar-refractivity contribution < 1.29 is 17.6 Å². The molecule has 0 bridgehead atoms. The predicted octanol–water partition coefficient (Wildman–Crippen LogP) is 5.38. The molecular weight excluding hydrogens is 507 g/mol. The summed E-state index contributed by atoms with van der Waals surface area (Å²) >= 11 is 9.42. The summed E-state index contributed by atoms with van der Waals surface area (Å²) in [5.41, 5.74) is 1.38. The molecule has 0 aromatic heterocycles. The highest BCUT2D eigenvalue weighted by atomic mass is 79.9. The summed E-state index contributed by atoms with van der Waals surface area (Å²) in [6.07, 6.45) is 0. The Bertz CT molecular complexity index is 1180. The van der Waals surface area contributed by atoms with Gasteiger partial charge < -0.3 is 5.32 Å². The Balaban J connectivity index is 1.93. The van der Waals surface area contributed by atoms with Crippen molar-refractivity contribution in [3.63, 3.8) is 0 Å². The highest BCUT2D eigenvalue weighted by Gasteiger charge is 2.28. The summed E-state index contributed by atoms with van der Waals surface area (Å²) in [6.45, 7) is 0.916. The first-order valence-corrected chi connectivity index (χ1v) is 11.8. The minimum atomic E-state index is -4.11. The van der Waals surface area contributed by atoms with Gasteiger partial charge in [0.05, 0.1) is 11.4 Å². The molecule has 0 unspecified atom stereocenters. The van der Waals surface area contributed by atoms with E-state index in [9.17, 15) is 17.6 Å². The summed E-state index contributed by atoms with van der Waals surface area (Å²) in [4.78, 5) is 12.7. The molecule has 3 rings (SSSR count). The number of nitrogens with one attached hydrogen (secondary N) is 1. The van der Waals surface area contributed by atoms with Crippen molar-refractivity contribution in [2.75, 3.05) is 11.9 Å². The topological polar surface area (TPSA) is 66.5 Å². The van der Waals surface area contributed by atoms with Crippen LogP contribution in [0.25, 0.3) is 0 Å². The number of anilines is 1. The van der Waals surface area contributed by atoms with Crippen LogP contribution < -0.4 is 5.32 Å². The van der Waals surface area contributed by atoms with Crippen LogP contribution in [0.1, 0.15) is 11.1 Å². The molecule has 0 aliphatic rings. The molecule has 3 aromatic rings. The van der Waals surface area contributed by atoms with Crippen molar-refractivity contribution in [1.82, 2.24) is 4.31 Å². The molecule has 0 aliphatic carbocycles. The molecule has 0 fully saturated rings. The molecule has 0 saturated heterocycles. The Kier molecular flexibility index (Phi) is 7.48. The van der Waals surface area contributed by atoms with Gasteiger partial charge in [-0.2, -0.15) is 4.31 Å². The highest BCUT2D eigenvalue weighted by molar-refractivity contribution is 9.10. The number of aryl methyl sites for hydroxylation is 1. The van der Waals surface area contributed by atoms with Gasteiger partial charge in [-0.1, -0.05) is 57.4 Å². The second-order valence-corrected chi connectivity index (χ2v) is 10.1. The quantitative estimate of drug-likeness (QED) is 0.450. The minimum absolute atomic E-state index is 0.000757. The number of carbonyl (C=O) groups is 1. The fourth-order valence-corrected chi connectivity index (χ4v) is 4.86. The number of benzene rings is 3. The Morgan fingerprint density at radius 3 is 2.42 bits per heavy atom. The molecule has 5 nitrogen and oxygen atoms in total. The predicted molar refractivity (Wildman–Crippen MR) is 123 cm³/mol. The number of sulfonamides is 1. The molecule has 1 amide bonds. The lowest BCUT2D eigenvalue weighted by atomic mass is 10.2. The molecule has 1 N–H and O–H groups in total. The van der Waals surface area contributed by atoms with Crippen LogP contribution in [0.15, 0.2) is 76.1 Å². The maximum Gasteiger partial charge on any atom is 0.243 e. The summed E-state index contributed by atoms with van der Waals surface area (Å²) in [7, 11) is -4.11. The van der Waals surface area contributed by atoms with Crippen molar-refractivity contribution in [2.45, 2.75) is 18.4 Å². The largest absolute Gasteiger partial charge is 0.325 e. The van der Waals surface area contributed by atoms with Crippen LogP contribution >= 0.6 is 27.5 Å². The van der Waals surface area contributed by atoms with Gasteiger partial charge >= 0.3 is 0 Å². The Morgan fingerprint density at radius 2 is 1.77 bits per heavy atom. The van der Waals surface area contributed by atoms with E-state index in [4.69, 9.17) is 11.6 Å². The van der Waals surface area contributed by atoms with Crippen molar-refractivity contribution in [3.05, 3.63) is 93.2 Å². The smallest absolute Gasteiger partial charge is 0.243 e.